The van der Waals surface area contributed by atoms with Crippen LogP contribution < -0.4 is 11.1 Å². The lowest BCUT2D eigenvalue weighted by atomic mass is 10.1. The summed E-state index contributed by atoms with van der Waals surface area (Å²) in [5.41, 5.74) is 5.59. The van der Waals surface area contributed by atoms with Crippen molar-refractivity contribution in [1.29, 1.82) is 0 Å². The summed E-state index contributed by atoms with van der Waals surface area (Å²) in [5, 5.41) is 2.71. The maximum atomic E-state index is 12.7. The van der Waals surface area contributed by atoms with E-state index in [1.807, 2.05) is 0 Å². The Labute approximate surface area is 107 Å². The van der Waals surface area contributed by atoms with Crippen molar-refractivity contribution in [2.45, 2.75) is 31.9 Å². The van der Waals surface area contributed by atoms with Crippen LogP contribution in [0.4, 0.5) is 33.3 Å². The first-order chi connectivity index (χ1) is 8.79. The third-order valence-electron chi connectivity index (χ3n) is 2.51. The van der Waals surface area contributed by atoms with E-state index in [4.69, 9.17) is 5.73 Å². The van der Waals surface area contributed by atoms with Crippen LogP contribution in [0.25, 0.3) is 0 Å². The van der Waals surface area contributed by atoms with Crippen LogP contribution in [0.3, 0.4) is 0 Å². The first kappa shape index (κ1) is 15.5. The maximum Gasteiger partial charge on any atom is 0.389 e. The highest BCUT2D eigenvalue weighted by Crippen LogP contribution is 2.29. The van der Waals surface area contributed by atoms with Gasteiger partial charge in [0.2, 0.25) is 0 Å². The van der Waals surface area contributed by atoms with Crippen LogP contribution >= 0.6 is 0 Å². The number of hydrogen-bond donors (Lipinski definition) is 2. The summed E-state index contributed by atoms with van der Waals surface area (Å²) < 4.78 is 61.1. The minimum Gasteiger partial charge on any atom is -0.399 e. The summed E-state index contributed by atoms with van der Waals surface area (Å²) >= 11 is 0. The summed E-state index contributed by atoms with van der Waals surface area (Å²) in [6, 6.07) is 4.02. The molecule has 1 rings (SSSR count). The molecule has 0 aliphatic rings. The Bertz CT molecular complexity index is 404. The van der Waals surface area contributed by atoms with Crippen molar-refractivity contribution in [3.8, 4) is 0 Å². The largest absolute Gasteiger partial charge is 0.399 e. The number of anilines is 2. The molecule has 1 aromatic carbocycles. The smallest absolute Gasteiger partial charge is 0.389 e. The van der Waals surface area contributed by atoms with Gasteiger partial charge in [-0.15, -0.1) is 0 Å². The van der Waals surface area contributed by atoms with Gasteiger partial charge in [0.25, 0.3) is 6.43 Å². The average Bonchev–Trinajstić information content (AvgIpc) is 2.28. The topological polar surface area (TPSA) is 38.0 Å². The van der Waals surface area contributed by atoms with Gasteiger partial charge in [0.15, 0.2) is 0 Å². The summed E-state index contributed by atoms with van der Waals surface area (Å²) in [5.74, 6) is 0. The highest BCUT2D eigenvalue weighted by atomic mass is 19.4. The normalized spacial score (nSPS) is 11.9. The molecule has 3 N–H and O–H groups in total. The van der Waals surface area contributed by atoms with Gasteiger partial charge in [-0.1, -0.05) is 0 Å². The molecule has 0 aliphatic carbocycles. The molecule has 0 amide bonds. The minimum absolute atomic E-state index is 0.0323. The van der Waals surface area contributed by atoms with Gasteiger partial charge in [-0.25, -0.2) is 8.78 Å². The van der Waals surface area contributed by atoms with Gasteiger partial charge in [-0.05, 0) is 31.0 Å². The van der Waals surface area contributed by atoms with E-state index in [0.717, 1.165) is 6.07 Å². The van der Waals surface area contributed by atoms with Gasteiger partial charge in [0, 0.05) is 29.9 Å². The lowest BCUT2D eigenvalue weighted by molar-refractivity contribution is -0.135. The average molecular weight is 282 g/mol. The molecule has 1 aromatic rings. The molecule has 0 fully saturated rings. The van der Waals surface area contributed by atoms with Crippen LogP contribution in [0.1, 0.15) is 31.3 Å². The summed E-state index contributed by atoms with van der Waals surface area (Å²) in [7, 11) is 0. The molecule has 19 heavy (non-hydrogen) atoms. The fraction of sp³-hybridized carbons (Fsp3) is 0.500. The van der Waals surface area contributed by atoms with Gasteiger partial charge in [0.05, 0.1) is 0 Å². The van der Waals surface area contributed by atoms with Crippen molar-refractivity contribution >= 4 is 11.4 Å². The molecule has 0 saturated heterocycles. The molecule has 0 unspecified atom stereocenters. The number of hydrogen-bond acceptors (Lipinski definition) is 2. The predicted octanol–water partition coefficient (Wildman–Crippen LogP) is 4.35. The van der Waals surface area contributed by atoms with E-state index in [0.29, 0.717) is 0 Å². The number of nitrogens with two attached hydrogens (primary N) is 1. The Morgan fingerprint density at radius 2 is 1.84 bits per heavy atom. The zero-order chi connectivity index (χ0) is 14.5. The van der Waals surface area contributed by atoms with E-state index >= 15 is 0 Å². The molecular weight excluding hydrogens is 267 g/mol. The van der Waals surface area contributed by atoms with Gasteiger partial charge in [-0.3, -0.25) is 0 Å². The number of alkyl halides is 5. The standard InChI is InChI=1S/C12H15F5N2/c13-11(14)9-7-8(18)3-4-10(9)19-6-2-1-5-12(15,16)17/h3-4,7,11,19H,1-2,5-6,18H2. The van der Waals surface area contributed by atoms with Crippen LogP contribution in [0.2, 0.25) is 0 Å². The van der Waals surface area contributed by atoms with Crippen LogP contribution in [0.5, 0.6) is 0 Å². The highest BCUT2D eigenvalue weighted by molar-refractivity contribution is 5.58. The second-order valence-corrected chi connectivity index (χ2v) is 4.15. The molecule has 0 spiro atoms. The molecule has 0 aromatic heterocycles. The van der Waals surface area contributed by atoms with Crippen molar-refractivity contribution in [2.24, 2.45) is 0 Å². The monoisotopic (exact) mass is 282 g/mol. The fourth-order valence-corrected chi connectivity index (χ4v) is 1.60. The Balaban J connectivity index is 2.45. The molecule has 2 nitrogen and oxygen atoms in total. The van der Waals surface area contributed by atoms with Gasteiger partial charge >= 0.3 is 6.18 Å². The molecule has 108 valence electrons. The number of nitrogen functional groups attached to an aromatic ring is 1. The lowest BCUT2D eigenvalue weighted by Crippen LogP contribution is -2.09. The third kappa shape index (κ3) is 5.76. The summed E-state index contributed by atoms with van der Waals surface area (Å²) in [6.45, 7) is 0.208. The van der Waals surface area contributed by atoms with E-state index in [-0.39, 0.29) is 36.3 Å². The highest BCUT2D eigenvalue weighted by Gasteiger charge is 2.25. The number of nitrogens with one attached hydrogen (secondary N) is 1. The van der Waals surface area contributed by atoms with E-state index in [9.17, 15) is 22.0 Å². The van der Waals surface area contributed by atoms with Crippen LogP contribution in [0.15, 0.2) is 18.2 Å². The summed E-state index contributed by atoms with van der Waals surface area (Å²) in [4.78, 5) is 0. The molecule has 0 bridgehead atoms. The second-order valence-electron chi connectivity index (χ2n) is 4.15. The number of benzene rings is 1. The zero-order valence-electron chi connectivity index (χ0n) is 10.1. The molecule has 7 heteroatoms. The molecule has 0 radical (unpaired) electrons. The van der Waals surface area contributed by atoms with Gasteiger partial charge < -0.3 is 11.1 Å². The van der Waals surface area contributed by atoms with Crippen molar-refractivity contribution in [1.82, 2.24) is 0 Å². The summed E-state index contributed by atoms with van der Waals surface area (Å²) in [6.07, 6.45) is -7.49. The van der Waals surface area contributed by atoms with Crippen LogP contribution in [0, 0.1) is 0 Å². The van der Waals surface area contributed by atoms with Crippen molar-refractivity contribution < 1.29 is 22.0 Å². The molecule has 0 aliphatic heterocycles. The SMILES string of the molecule is Nc1ccc(NCCCCC(F)(F)F)c(C(F)F)c1. The van der Waals surface area contributed by atoms with Gasteiger partial charge in [-0.2, -0.15) is 13.2 Å². The minimum atomic E-state index is -4.17. The second kappa shape index (κ2) is 6.58. The van der Waals surface area contributed by atoms with E-state index < -0.39 is 19.0 Å². The number of rotatable bonds is 6. The number of unbranched alkanes of at least 4 members (excludes halogenated alkanes) is 1. The first-order valence-corrected chi connectivity index (χ1v) is 5.78. The van der Waals surface area contributed by atoms with Crippen molar-refractivity contribution in [3.05, 3.63) is 23.8 Å². The quantitative estimate of drug-likeness (QED) is 0.462. The van der Waals surface area contributed by atoms with E-state index in [1.54, 1.807) is 0 Å². The van der Waals surface area contributed by atoms with Crippen LogP contribution in [-0.2, 0) is 0 Å². The lowest BCUT2D eigenvalue weighted by Gasteiger charge is -2.12. The molecule has 0 atom stereocenters. The predicted molar refractivity (Wildman–Crippen MR) is 64.2 cm³/mol. The Morgan fingerprint density at radius 3 is 2.42 bits per heavy atom. The Kier molecular flexibility index (Phi) is 5.38. The van der Waals surface area contributed by atoms with Crippen molar-refractivity contribution in [2.75, 3.05) is 17.6 Å². The number of halogens is 5. The first-order valence-electron chi connectivity index (χ1n) is 5.78. The Morgan fingerprint density at radius 1 is 1.16 bits per heavy atom. The fourth-order valence-electron chi connectivity index (χ4n) is 1.60. The molecular formula is C12H15F5N2. The Hall–Kier alpha value is -1.53. The zero-order valence-corrected chi connectivity index (χ0v) is 10.1. The third-order valence-corrected chi connectivity index (χ3v) is 2.51. The van der Waals surface area contributed by atoms with E-state index in [2.05, 4.69) is 5.32 Å². The van der Waals surface area contributed by atoms with Crippen molar-refractivity contribution in [3.63, 3.8) is 0 Å². The van der Waals surface area contributed by atoms with Gasteiger partial charge in [0.1, 0.15) is 0 Å². The molecule has 0 saturated carbocycles. The maximum absolute atomic E-state index is 12.7. The van der Waals surface area contributed by atoms with E-state index in [1.165, 1.54) is 12.1 Å². The molecule has 0 heterocycles. The van der Waals surface area contributed by atoms with Crippen LogP contribution in [-0.4, -0.2) is 12.7 Å².